The first kappa shape index (κ1) is 19.5. The zero-order valence-corrected chi connectivity index (χ0v) is 17.0. The van der Waals surface area contributed by atoms with Crippen LogP contribution in [-0.2, 0) is 4.79 Å². The minimum Gasteiger partial charge on any atom is -0.496 e. The van der Waals surface area contributed by atoms with Crippen LogP contribution in [0.25, 0.3) is 17.5 Å². The van der Waals surface area contributed by atoms with E-state index in [9.17, 15) is 9.90 Å². The summed E-state index contributed by atoms with van der Waals surface area (Å²) in [6, 6.07) is 12.1. The number of hydrogen-bond acceptors (Lipinski definition) is 6. The van der Waals surface area contributed by atoms with Crippen LogP contribution in [0.5, 0.6) is 5.75 Å². The summed E-state index contributed by atoms with van der Waals surface area (Å²) in [6.07, 6.45) is 1.52. The third kappa shape index (κ3) is 4.91. The number of nitrogens with zero attached hydrogens (tertiary/aromatic N) is 2. The molecule has 6 nitrogen and oxygen atoms in total. The highest BCUT2D eigenvalue weighted by molar-refractivity contribution is 9.10. The van der Waals surface area contributed by atoms with Gasteiger partial charge in [-0.05, 0) is 75.7 Å². The van der Waals surface area contributed by atoms with Gasteiger partial charge < -0.3 is 14.3 Å². The Bertz CT molecular complexity index is 1000. The molecule has 1 heterocycles. The van der Waals surface area contributed by atoms with Crippen LogP contribution < -0.4 is 4.74 Å². The Hall–Kier alpha value is -2.29. The summed E-state index contributed by atoms with van der Waals surface area (Å²) >= 11 is 10.1. The molecule has 1 aromatic heterocycles. The van der Waals surface area contributed by atoms with Crippen LogP contribution in [0, 0.1) is 0 Å². The van der Waals surface area contributed by atoms with Crippen molar-refractivity contribution in [2.45, 2.75) is 5.22 Å². The van der Waals surface area contributed by atoms with Crippen LogP contribution >= 0.6 is 39.3 Å². The fourth-order valence-corrected chi connectivity index (χ4v) is 3.47. The molecule has 0 amide bonds. The number of rotatable bonds is 6. The molecule has 2 aromatic carbocycles. The molecule has 3 rings (SSSR count). The largest absolute Gasteiger partial charge is 0.496 e. The van der Waals surface area contributed by atoms with E-state index in [2.05, 4.69) is 26.1 Å². The van der Waals surface area contributed by atoms with E-state index in [4.69, 9.17) is 20.8 Å². The van der Waals surface area contributed by atoms with Crippen molar-refractivity contribution < 1.29 is 19.1 Å². The van der Waals surface area contributed by atoms with Gasteiger partial charge in [0.05, 0.1) is 11.6 Å². The number of thioether (sulfide) groups is 1. The number of aromatic nitrogens is 2. The standard InChI is InChI=1S/C18H12BrClN2O4S/c1-25-14-7-2-10(8-13(14)19)9-15(17(23)24)27-18-22-21-16(26-18)11-3-5-12(20)6-4-11/h2-9H,1H3,(H,23,24)/b15-9-. The number of aliphatic carboxylic acids is 1. The molecular weight excluding hydrogens is 456 g/mol. The molecule has 0 saturated heterocycles. The van der Waals surface area contributed by atoms with Gasteiger partial charge in [-0.1, -0.05) is 17.7 Å². The van der Waals surface area contributed by atoms with Crippen LogP contribution in [0.3, 0.4) is 0 Å². The second-order valence-corrected chi connectivity index (χ2v) is 7.47. The van der Waals surface area contributed by atoms with Crippen molar-refractivity contribution in [3.05, 3.63) is 62.4 Å². The van der Waals surface area contributed by atoms with E-state index in [1.165, 1.54) is 6.08 Å². The summed E-state index contributed by atoms with van der Waals surface area (Å²) in [7, 11) is 1.56. The molecule has 9 heteroatoms. The Kier molecular flexibility index (Phi) is 6.20. The van der Waals surface area contributed by atoms with Crippen molar-refractivity contribution in [2.75, 3.05) is 7.11 Å². The molecule has 3 aromatic rings. The summed E-state index contributed by atoms with van der Waals surface area (Å²) in [4.78, 5) is 11.6. The van der Waals surface area contributed by atoms with Crippen LogP contribution in [0.4, 0.5) is 0 Å². The van der Waals surface area contributed by atoms with E-state index in [0.717, 1.165) is 16.2 Å². The van der Waals surface area contributed by atoms with Crippen LogP contribution in [0.15, 0.2) is 61.5 Å². The molecule has 27 heavy (non-hydrogen) atoms. The van der Waals surface area contributed by atoms with E-state index < -0.39 is 5.97 Å². The van der Waals surface area contributed by atoms with Gasteiger partial charge in [0.25, 0.3) is 5.22 Å². The van der Waals surface area contributed by atoms with Crippen molar-refractivity contribution in [2.24, 2.45) is 0 Å². The Morgan fingerprint density at radius 2 is 2.00 bits per heavy atom. The monoisotopic (exact) mass is 466 g/mol. The molecule has 0 spiro atoms. The Morgan fingerprint density at radius 1 is 1.26 bits per heavy atom. The summed E-state index contributed by atoms with van der Waals surface area (Å²) in [5.74, 6) is -0.162. The highest BCUT2D eigenvalue weighted by atomic mass is 79.9. The molecule has 1 N–H and O–H groups in total. The zero-order valence-electron chi connectivity index (χ0n) is 13.8. The highest BCUT2D eigenvalue weighted by Crippen LogP contribution is 2.32. The van der Waals surface area contributed by atoms with Gasteiger partial charge in [-0.15, -0.1) is 10.2 Å². The lowest BCUT2D eigenvalue weighted by Crippen LogP contribution is -1.97. The first-order valence-electron chi connectivity index (χ1n) is 7.52. The van der Waals surface area contributed by atoms with Crippen molar-refractivity contribution in [1.29, 1.82) is 0 Å². The number of hydrogen-bond donors (Lipinski definition) is 1. The smallest absolute Gasteiger partial charge is 0.342 e. The summed E-state index contributed by atoms with van der Waals surface area (Å²) in [5.41, 5.74) is 1.38. The SMILES string of the molecule is COc1ccc(/C=C(\Sc2nnc(-c3ccc(Cl)cc3)o2)C(=O)O)cc1Br. The lowest BCUT2D eigenvalue weighted by molar-refractivity contribution is -0.131. The number of halogens is 2. The number of carboxylic acids is 1. The highest BCUT2D eigenvalue weighted by Gasteiger charge is 2.16. The Balaban J connectivity index is 1.84. The summed E-state index contributed by atoms with van der Waals surface area (Å²) in [6.45, 7) is 0. The van der Waals surface area contributed by atoms with E-state index in [-0.39, 0.29) is 16.0 Å². The van der Waals surface area contributed by atoms with E-state index in [1.54, 1.807) is 49.6 Å². The molecule has 138 valence electrons. The van der Waals surface area contributed by atoms with Crippen molar-refractivity contribution in [3.63, 3.8) is 0 Å². The van der Waals surface area contributed by atoms with E-state index in [0.29, 0.717) is 21.9 Å². The minimum absolute atomic E-state index is 0.0402. The topological polar surface area (TPSA) is 85.5 Å². The molecule has 0 saturated carbocycles. The average molecular weight is 468 g/mol. The third-order valence-corrected chi connectivity index (χ3v) is 5.10. The maximum Gasteiger partial charge on any atom is 0.342 e. The fourth-order valence-electron chi connectivity index (χ4n) is 2.11. The Morgan fingerprint density at radius 3 is 2.63 bits per heavy atom. The second-order valence-electron chi connectivity index (χ2n) is 5.19. The molecule has 0 aliphatic heterocycles. The minimum atomic E-state index is -1.10. The summed E-state index contributed by atoms with van der Waals surface area (Å²) in [5, 5.41) is 18.1. The Labute approximate surface area is 172 Å². The van der Waals surface area contributed by atoms with Crippen molar-refractivity contribution >= 4 is 51.3 Å². The molecule has 0 radical (unpaired) electrons. The van der Waals surface area contributed by atoms with E-state index in [1.807, 2.05) is 0 Å². The van der Waals surface area contributed by atoms with Gasteiger partial charge in [-0.3, -0.25) is 0 Å². The molecule has 0 atom stereocenters. The maximum absolute atomic E-state index is 11.6. The normalized spacial score (nSPS) is 11.4. The second kappa shape index (κ2) is 8.60. The number of carbonyl (C=O) groups is 1. The first-order valence-corrected chi connectivity index (χ1v) is 9.51. The fraction of sp³-hybridized carbons (Fsp3) is 0.0556. The van der Waals surface area contributed by atoms with Gasteiger partial charge in [0.15, 0.2) is 0 Å². The molecule has 0 fully saturated rings. The lowest BCUT2D eigenvalue weighted by atomic mass is 10.2. The van der Waals surface area contributed by atoms with Crippen LogP contribution in [0.2, 0.25) is 5.02 Å². The quantitative estimate of drug-likeness (QED) is 0.385. The number of methoxy groups -OCH3 is 1. The van der Waals surface area contributed by atoms with Gasteiger partial charge >= 0.3 is 5.97 Å². The summed E-state index contributed by atoms with van der Waals surface area (Å²) < 4.78 is 11.4. The average Bonchev–Trinajstić information content (AvgIpc) is 3.10. The molecule has 0 unspecified atom stereocenters. The lowest BCUT2D eigenvalue weighted by Gasteiger charge is -2.04. The van der Waals surface area contributed by atoms with Gasteiger partial charge in [0.2, 0.25) is 5.89 Å². The van der Waals surface area contributed by atoms with Gasteiger partial charge in [-0.2, -0.15) is 0 Å². The predicted octanol–water partition coefficient (Wildman–Crippen LogP) is 5.38. The maximum atomic E-state index is 11.6. The predicted molar refractivity (Wildman–Crippen MR) is 107 cm³/mol. The van der Waals surface area contributed by atoms with Gasteiger partial charge in [0.1, 0.15) is 10.7 Å². The van der Waals surface area contributed by atoms with Crippen molar-refractivity contribution in [1.82, 2.24) is 10.2 Å². The number of ether oxygens (including phenoxy) is 1. The van der Waals surface area contributed by atoms with Crippen LogP contribution in [0.1, 0.15) is 5.56 Å². The third-order valence-electron chi connectivity index (χ3n) is 3.38. The van der Waals surface area contributed by atoms with Gasteiger partial charge in [0, 0.05) is 10.6 Å². The molecule has 0 aliphatic carbocycles. The van der Waals surface area contributed by atoms with E-state index >= 15 is 0 Å². The molecule has 0 bridgehead atoms. The zero-order chi connectivity index (χ0) is 19.4. The molecular formula is C18H12BrClN2O4S. The number of benzene rings is 2. The number of carboxylic acid groups (broad SMARTS) is 1. The molecule has 0 aliphatic rings. The van der Waals surface area contributed by atoms with Crippen LogP contribution in [-0.4, -0.2) is 28.4 Å². The van der Waals surface area contributed by atoms with Crippen molar-refractivity contribution in [3.8, 4) is 17.2 Å². The first-order chi connectivity index (χ1) is 13.0. The van der Waals surface area contributed by atoms with Gasteiger partial charge in [-0.25, -0.2) is 4.79 Å².